The van der Waals surface area contributed by atoms with Crippen LogP contribution in [0, 0.1) is 0 Å². The maximum absolute atomic E-state index is 13.5. The van der Waals surface area contributed by atoms with Crippen LogP contribution in [0.15, 0.2) is 71.8 Å². The van der Waals surface area contributed by atoms with Crippen molar-refractivity contribution in [2.45, 2.75) is 24.0 Å². The monoisotopic (exact) mass is 573 g/mol. The third kappa shape index (κ3) is 6.06. The summed E-state index contributed by atoms with van der Waals surface area (Å²) in [6.45, 7) is 0.267. The molecule has 3 aromatic carbocycles. The molecule has 0 unspecified atom stereocenters. The van der Waals surface area contributed by atoms with E-state index in [2.05, 4.69) is 15.4 Å². The van der Waals surface area contributed by atoms with Crippen molar-refractivity contribution in [1.82, 2.24) is 9.29 Å². The van der Waals surface area contributed by atoms with Gasteiger partial charge in [-0.1, -0.05) is 12.1 Å². The van der Waals surface area contributed by atoms with Crippen LogP contribution in [-0.2, 0) is 22.7 Å². The maximum Gasteiger partial charge on any atom is 0.573 e. The molecule has 208 valence electrons. The summed E-state index contributed by atoms with van der Waals surface area (Å²) in [5.74, 6) is -0.488. The number of methoxy groups -OCH3 is 1. The second kappa shape index (κ2) is 10.3. The van der Waals surface area contributed by atoms with Crippen LogP contribution in [0.1, 0.15) is 11.1 Å². The molecule has 7 nitrogen and oxygen atoms in total. The second-order valence-corrected chi connectivity index (χ2v) is 10.1. The van der Waals surface area contributed by atoms with Gasteiger partial charge in [-0.2, -0.15) is 13.2 Å². The third-order valence-electron chi connectivity index (χ3n) is 5.63. The van der Waals surface area contributed by atoms with E-state index in [1.165, 1.54) is 25.4 Å². The van der Waals surface area contributed by atoms with Crippen LogP contribution in [0.25, 0.3) is 10.9 Å². The van der Waals surface area contributed by atoms with Crippen molar-refractivity contribution in [3.05, 3.63) is 78.0 Å². The standard InChI is InChI=1S/C25H21F6N3O4S/c1-32-13-15-14-34(39(35,36)19-5-3-4-16(10-19)24(26,27)28)22-11-17(6-8-20(15)22)33-21-9-7-18(12-23(21)37-2)38-25(29,30)31/h3-12,14,32-33H,13H2,1-2H3. The van der Waals surface area contributed by atoms with E-state index in [4.69, 9.17) is 4.74 Å². The van der Waals surface area contributed by atoms with Crippen molar-refractivity contribution >= 4 is 32.3 Å². The number of rotatable bonds is 8. The first-order valence-electron chi connectivity index (χ1n) is 11.1. The molecule has 0 amide bonds. The van der Waals surface area contributed by atoms with Gasteiger partial charge in [-0.05, 0) is 55.1 Å². The fourth-order valence-electron chi connectivity index (χ4n) is 3.95. The van der Waals surface area contributed by atoms with Crippen LogP contribution in [0.2, 0.25) is 0 Å². The van der Waals surface area contributed by atoms with Crippen LogP contribution in [0.3, 0.4) is 0 Å². The first-order valence-corrected chi connectivity index (χ1v) is 12.6. The Bertz CT molecular complexity index is 1610. The van der Waals surface area contributed by atoms with Crippen LogP contribution < -0.4 is 20.1 Å². The highest BCUT2D eigenvalue weighted by Crippen LogP contribution is 2.36. The van der Waals surface area contributed by atoms with Gasteiger partial charge in [0.15, 0.2) is 0 Å². The number of nitrogens with one attached hydrogen (secondary N) is 2. The van der Waals surface area contributed by atoms with Crippen molar-refractivity contribution in [1.29, 1.82) is 0 Å². The summed E-state index contributed by atoms with van der Waals surface area (Å²) >= 11 is 0. The minimum Gasteiger partial charge on any atom is -0.494 e. The largest absolute Gasteiger partial charge is 0.573 e. The van der Waals surface area contributed by atoms with Gasteiger partial charge < -0.3 is 20.1 Å². The Morgan fingerprint density at radius 1 is 0.949 bits per heavy atom. The highest BCUT2D eigenvalue weighted by molar-refractivity contribution is 7.90. The SMILES string of the molecule is CNCc1cn(S(=O)(=O)c2cccc(C(F)(F)F)c2)c2cc(Nc3ccc(OC(F)(F)F)cc3OC)ccc12. The highest BCUT2D eigenvalue weighted by Gasteiger charge is 2.33. The summed E-state index contributed by atoms with van der Waals surface area (Å²) in [6, 6.07) is 11.5. The average molecular weight is 574 g/mol. The van der Waals surface area contributed by atoms with E-state index in [-0.39, 0.29) is 23.5 Å². The van der Waals surface area contributed by atoms with E-state index in [1.807, 2.05) is 0 Å². The number of halogens is 6. The van der Waals surface area contributed by atoms with Gasteiger partial charge in [0, 0.05) is 29.9 Å². The van der Waals surface area contributed by atoms with Crippen LogP contribution >= 0.6 is 0 Å². The predicted octanol–water partition coefficient (Wildman–Crippen LogP) is 6.27. The molecular weight excluding hydrogens is 552 g/mol. The molecule has 39 heavy (non-hydrogen) atoms. The molecule has 1 heterocycles. The fourth-order valence-corrected chi connectivity index (χ4v) is 5.38. The maximum atomic E-state index is 13.5. The molecule has 14 heteroatoms. The minimum absolute atomic E-state index is 0.0136. The van der Waals surface area contributed by atoms with Crippen molar-refractivity contribution in [2.75, 3.05) is 19.5 Å². The minimum atomic E-state index is -4.90. The van der Waals surface area contributed by atoms with Gasteiger partial charge in [0.2, 0.25) is 0 Å². The van der Waals surface area contributed by atoms with E-state index < -0.39 is 38.8 Å². The van der Waals surface area contributed by atoms with Gasteiger partial charge in [-0.25, -0.2) is 12.4 Å². The van der Waals surface area contributed by atoms with E-state index >= 15 is 0 Å². The summed E-state index contributed by atoms with van der Waals surface area (Å²) in [5, 5.41) is 6.40. The van der Waals surface area contributed by atoms with E-state index in [1.54, 1.807) is 19.2 Å². The molecule has 0 aliphatic carbocycles. The molecule has 4 rings (SSSR count). The molecule has 0 bridgehead atoms. The number of aromatic nitrogens is 1. The van der Waals surface area contributed by atoms with Crippen molar-refractivity contribution in [2.24, 2.45) is 0 Å². The smallest absolute Gasteiger partial charge is 0.494 e. The first kappa shape index (κ1) is 28.1. The lowest BCUT2D eigenvalue weighted by atomic mass is 10.1. The normalized spacial score (nSPS) is 12.5. The average Bonchev–Trinajstić information content (AvgIpc) is 3.22. The van der Waals surface area contributed by atoms with Gasteiger partial charge in [0.25, 0.3) is 10.0 Å². The zero-order valence-corrected chi connectivity index (χ0v) is 21.1. The lowest BCUT2D eigenvalue weighted by Gasteiger charge is -2.15. The number of hydrogen-bond acceptors (Lipinski definition) is 6. The fraction of sp³-hybridized carbons (Fsp3) is 0.200. The summed E-state index contributed by atoms with van der Waals surface area (Å²) in [7, 11) is -1.56. The third-order valence-corrected chi connectivity index (χ3v) is 7.29. The van der Waals surface area contributed by atoms with E-state index in [0.717, 1.165) is 34.3 Å². The summed E-state index contributed by atoms with van der Waals surface area (Å²) in [6.07, 6.45) is -8.31. The zero-order valence-electron chi connectivity index (χ0n) is 20.3. The second-order valence-electron chi connectivity index (χ2n) is 8.28. The number of hydrogen-bond donors (Lipinski definition) is 2. The van der Waals surface area contributed by atoms with Crippen molar-refractivity contribution in [3.63, 3.8) is 0 Å². The van der Waals surface area contributed by atoms with Gasteiger partial charge in [0.05, 0.1) is 28.8 Å². The molecule has 0 aliphatic rings. The Morgan fingerprint density at radius 2 is 1.69 bits per heavy atom. The van der Waals surface area contributed by atoms with Gasteiger partial charge in [-0.3, -0.25) is 0 Å². The number of ether oxygens (including phenoxy) is 2. The van der Waals surface area contributed by atoms with Crippen molar-refractivity contribution in [3.8, 4) is 11.5 Å². The van der Waals surface area contributed by atoms with Crippen LogP contribution in [0.5, 0.6) is 11.5 Å². The van der Waals surface area contributed by atoms with Crippen LogP contribution in [-0.4, -0.2) is 32.9 Å². The molecule has 0 spiro atoms. The zero-order chi connectivity index (χ0) is 28.6. The molecule has 0 saturated carbocycles. The quantitative estimate of drug-likeness (QED) is 0.242. The lowest BCUT2D eigenvalue weighted by Crippen LogP contribution is -2.17. The number of alkyl halides is 6. The summed E-state index contributed by atoms with van der Waals surface area (Å²) in [5.41, 5.74) is 0.211. The molecule has 0 radical (unpaired) electrons. The van der Waals surface area contributed by atoms with E-state index in [9.17, 15) is 34.8 Å². The molecule has 2 N–H and O–H groups in total. The molecular formula is C25H21F6N3O4S. The summed E-state index contributed by atoms with van der Waals surface area (Å²) < 4.78 is 114. The Labute approximate surface area is 219 Å². The van der Waals surface area contributed by atoms with E-state index in [0.29, 0.717) is 22.7 Å². The van der Waals surface area contributed by atoms with Crippen molar-refractivity contribution < 1.29 is 44.2 Å². The highest BCUT2D eigenvalue weighted by atomic mass is 32.2. The first-order chi connectivity index (χ1) is 18.2. The van der Waals surface area contributed by atoms with Crippen LogP contribution in [0.4, 0.5) is 37.7 Å². The Hall–Kier alpha value is -3.91. The molecule has 0 aliphatic heterocycles. The molecule has 4 aromatic rings. The molecule has 0 fully saturated rings. The van der Waals surface area contributed by atoms with Gasteiger partial charge >= 0.3 is 12.5 Å². The predicted molar refractivity (Wildman–Crippen MR) is 132 cm³/mol. The molecule has 1 aromatic heterocycles. The summed E-state index contributed by atoms with van der Waals surface area (Å²) in [4.78, 5) is -0.550. The lowest BCUT2D eigenvalue weighted by molar-refractivity contribution is -0.274. The number of nitrogens with zero attached hydrogens (tertiary/aromatic N) is 1. The number of benzene rings is 3. The Morgan fingerprint density at radius 3 is 2.33 bits per heavy atom. The van der Waals surface area contributed by atoms with Gasteiger partial charge in [0.1, 0.15) is 11.5 Å². The Kier molecular flexibility index (Phi) is 7.45. The number of anilines is 2. The Balaban J connectivity index is 1.79. The topological polar surface area (TPSA) is 81.6 Å². The molecule has 0 saturated heterocycles. The molecule has 0 atom stereocenters. The van der Waals surface area contributed by atoms with Gasteiger partial charge in [-0.15, -0.1) is 13.2 Å². The number of fused-ring (bicyclic) bond motifs is 1.